The number of aliphatic hydroxyl groups excluding tert-OH is 1. The van der Waals surface area contributed by atoms with Gasteiger partial charge in [-0.3, -0.25) is 9.59 Å². The molecule has 0 aliphatic heterocycles. The van der Waals surface area contributed by atoms with E-state index in [1.54, 1.807) is 65.8 Å². The Kier molecular flexibility index (Phi) is 8.86. The molecule has 0 fully saturated rings. The number of nitrogens with one attached hydrogen (secondary N) is 2. The van der Waals surface area contributed by atoms with Crippen LogP contribution in [0.3, 0.4) is 0 Å². The summed E-state index contributed by atoms with van der Waals surface area (Å²) >= 11 is 0. The van der Waals surface area contributed by atoms with Crippen molar-refractivity contribution in [3.05, 3.63) is 35.9 Å². The van der Waals surface area contributed by atoms with E-state index in [2.05, 4.69) is 10.6 Å². The van der Waals surface area contributed by atoms with Crippen LogP contribution < -0.4 is 10.6 Å². The largest absolute Gasteiger partial charge is 0.444 e. The smallest absolute Gasteiger partial charge is 0.408 e. The molecule has 0 aromatic heterocycles. The van der Waals surface area contributed by atoms with Crippen molar-refractivity contribution in [2.24, 2.45) is 0 Å². The van der Waals surface area contributed by atoms with Crippen LogP contribution >= 0.6 is 0 Å². The molecule has 0 aliphatic carbocycles. The third kappa shape index (κ3) is 8.49. The Balaban J connectivity index is 3.42. The molecule has 2 unspecified atom stereocenters. The first kappa shape index (κ1) is 27.4. The van der Waals surface area contributed by atoms with Crippen LogP contribution in [0.1, 0.15) is 73.9 Å². The van der Waals surface area contributed by atoms with Crippen molar-refractivity contribution >= 4 is 17.9 Å². The third-order valence-electron chi connectivity index (χ3n) is 4.25. The third-order valence-corrected chi connectivity index (χ3v) is 4.25. The number of hydrogen-bond donors (Lipinski definition) is 3. The highest BCUT2D eigenvalue weighted by atomic mass is 16.6. The van der Waals surface area contributed by atoms with E-state index in [1.807, 2.05) is 26.8 Å². The van der Waals surface area contributed by atoms with Gasteiger partial charge < -0.3 is 25.4 Å². The summed E-state index contributed by atoms with van der Waals surface area (Å²) in [5.74, 6) is -0.954. The molecule has 32 heavy (non-hydrogen) atoms. The summed E-state index contributed by atoms with van der Waals surface area (Å²) in [7, 11) is 0. The van der Waals surface area contributed by atoms with Crippen molar-refractivity contribution in [3.8, 4) is 0 Å². The van der Waals surface area contributed by atoms with Gasteiger partial charge in [0.25, 0.3) is 0 Å². The number of nitrogens with zero attached hydrogens (tertiary/aromatic N) is 1. The van der Waals surface area contributed by atoms with Gasteiger partial charge in [0, 0.05) is 11.1 Å². The van der Waals surface area contributed by atoms with E-state index in [4.69, 9.17) is 4.74 Å². The monoisotopic (exact) mass is 449 g/mol. The van der Waals surface area contributed by atoms with Crippen LogP contribution in [-0.2, 0) is 14.3 Å². The SMILES string of the molecule is CC(C)(C)NC(=O)C(c1ccccc1)N(C(=O)C(CO)NC(=O)OC(C)(C)C)C(C)(C)C. The summed E-state index contributed by atoms with van der Waals surface area (Å²) in [5.41, 5.74) is -1.49. The molecule has 0 aliphatic rings. The molecule has 3 N–H and O–H groups in total. The molecule has 1 aromatic carbocycles. The van der Waals surface area contributed by atoms with Crippen molar-refractivity contribution in [1.82, 2.24) is 15.5 Å². The number of benzene rings is 1. The fourth-order valence-electron chi connectivity index (χ4n) is 3.14. The maximum atomic E-state index is 13.6. The summed E-state index contributed by atoms with van der Waals surface area (Å²) in [6.45, 7) is 15.4. The Labute approximate surface area is 191 Å². The van der Waals surface area contributed by atoms with Gasteiger partial charge in [-0.2, -0.15) is 0 Å². The highest BCUT2D eigenvalue weighted by Gasteiger charge is 2.42. The quantitative estimate of drug-likeness (QED) is 0.618. The summed E-state index contributed by atoms with van der Waals surface area (Å²) in [6.07, 6.45) is -0.825. The molecule has 180 valence electrons. The van der Waals surface area contributed by atoms with Crippen LogP contribution in [0.15, 0.2) is 30.3 Å². The maximum Gasteiger partial charge on any atom is 0.408 e. The van der Waals surface area contributed by atoms with Gasteiger partial charge in [-0.1, -0.05) is 30.3 Å². The zero-order valence-corrected chi connectivity index (χ0v) is 20.8. The first-order chi connectivity index (χ1) is 14.5. The molecule has 0 radical (unpaired) electrons. The summed E-state index contributed by atoms with van der Waals surface area (Å²) < 4.78 is 5.23. The van der Waals surface area contributed by atoms with Crippen LogP contribution in [-0.4, -0.2) is 57.2 Å². The predicted octanol–water partition coefficient (Wildman–Crippen LogP) is 3.16. The lowest BCUT2D eigenvalue weighted by Crippen LogP contribution is -2.60. The topological polar surface area (TPSA) is 108 Å². The molecular weight excluding hydrogens is 410 g/mol. The fraction of sp³-hybridized carbons (Fsp3) is 0.625. The second-order valence-electron chi connectivity index (χ2n) is 10.8. The number of aliphatic hydroxyl groups is 1. The molecule has 8 heteroatoms. The summed E-state index contributed by atoms with van der Waals surface area (Å²) in [5, 5.41) is 15.3. The first-order valence-corrected chi connectivity index (χ1v) is 10.8. The van der Waals surface area contributed by atoms with Gasteiger partial charge in [0.2, 0.25) is 11.8 Å². The number of carbonyl (C=O) groups is 3. The van der Waals surface area contributed by atoms with Gasteiger partial charge in [-0.15, -0.1) is 0 Å². The Morgan fingerprint density at radius 1 is 0.969 bits per heavy atom. The Bertz CT molecular complexity index is 789. The molecule has 2 atom stereocenters. The lowest BCUT2D eigenvalue weighted by Gasteiger charge is -2.43. The van der Waals surface area contributed by atoms with Gasteiger partial charge in [-0.05, 0) is 67.9 Å². The Morgan fingerprint density at radius 2 is 1.50 bits per heavy atom. The number of hydrogen-bond acceptors (Lipinski definition) is 5. The Morgan fingerprint density at radius 3 is 1.91 bits per heavy atom. The van der Waals surface area contributed by atoms with Crippen molar-refractivity contribution in [2.45, 2.75) is 91.1 Å². The highest BCUT2D eigenvalue weighted by molar-refractivity contribution is 5.93. The molecule has 0 bridgehead atoms. The lowest BCUT2D eigenvalue weighted by molar-refractivity contribution is -0.149. The van der Waals surface area contributed by atoms with Crippen LogP contribution in [0.4, 0.5) is 4.79 Å². The lowest BCUT2D eigenvalue weighted by atomic mass is 9.94. The average Bonchev–Trinajstić information content (AvgIpc) is 2.60. The number of rotatable bonds is 6. The van der Waals surface area contributed by atoms with Gasteiger partial charge in [0.05, 0.1) is 6.61 Å². The number of alkyl carbamates (subject to hydrolysis) is 1. The number of carbonyl (C=O) groups excluding carboxylic acids is 3. The van der Waals surface area contributed by atoms with Crippen LogP contribution in [0.2, 0.25) is 0 Å². The molecule has 0 saturated carbocycles. The van der Waals surface area contributed by atoms with Gasteiger partial charge in [-0.25, -0.2) is 4.79 Å². The second-order valence-corrected chi connectivity index (χ2v) is 10.8. The molecule has 0 heterocycles. The number of amides is 3. The summed E-state index contributed by atoms with van der Waals surface area (Å²) in [6, 6.07) is 6.70. The Hall–Kier alpha value is -2.61. The summed E-state index contributed by atoms with van der Waals surface area (Å²) in [4.78, 5) is 40.7. The van der Waals surface area contributed by atoms with Crippen LogP contribution in [0.5, 0.6) is 0 Å². The standard InChI is InChI=1S/C24H39N3O5/c1-22(2,3)26-19(29)18(16-13-11-10-12-14-16)27(23(4,5)6)20(30)17(15-28)25-21(31)32-24(7,8)9/h10-14,17-18,28H,15H2,1-9H3,(H,25,31)(H,26,29). The first-order valence-electron chi connectivity index (χ1n) is 10.8. The molecule has 3 amide bonds. The van der Waals surface area contributed by atoms with E-state index >= 15 is 0 Å². The van der Waals surface area contributed by atoms with Crippen molar-refractivity contribution < 1.29 is 24.2 Å². The molecule has 1 rings (SSSR count). The van der Waals surface area contributed by atoms with Crippen LogP contribution in [0.25, 0.3) is 0 Å². The van der Waals surface area contributed by atoms with Crippen molar-refractivity contribution in [1.29, 1.82) is 0 Å². The molecule has 0 saturated heterocycles. The van der Waals surface area contributed by atoms with Crippen LogP contribution in [0, 0.1) is 0 Å². The normalized spacial score (nSPS) is 14.2. The van der Waals surface area contributed by atoms with Crippen molar-refractivity contribution in [2.75, 3.05) is 6.61 Å². The van der Waals surface area contributed by atoms with E-state index in [1.165, 1.54) is 4.90 Å². The van der Waals surface area contributed by atoms with Gasteiger partial charge in [0.15, 0.2) is 0 Å². The van der Waals surface area contributed by atoms with E-state index in [0.29, 0.717) is 5.56 Å². The maximum absolute atomic E-state index is 13.6. The zero-order valence-electron chi connectivity index (χ0n) is 20.8. The minimum Gasteiger partial charge on any atom is -0.444 e. The van der Waals surface area contributed by atoms with E-state index in [0.717, 1.165) is 0 Å². The van der Waals surface area contributed by atoms with Gasteiger partial charge in [0.1, 0.15) is 17.7 Å². The molecular formula is C24H39N3O5. The molecule has 0 spiro atoms. The zero-order chi connectivity index (χ0) is 24.9. The minimum absolute atomic E-state index is 0.360. The second kappa shape index (κ2) is 10.3. The van der Waals surface area contributed by atoms with E-state index in [9.17, 15) is 19.5 Å². The van der Waals surface area contributed by atoms with Crippen molar-refractivity contribution in [3.63, 3.8) is 0 Å². The fourth-order valence-corrected chi connectivity index (χ4v) is 3.14. The molecule has 1 aromatic rings. The predicted molar refractivity (Wildman–Crippen MR) is 124 cm³/mol. The van der Waals surface area contributed by atoms with Gasteiger partial charge >= 0.3 is 6.09 Å². The van der Waals surface area contributed by atoms with E-state index in [-0.39, 0.29) is 5.91 Å². The highest BCUT2D eigenvalue weighted by Crippen LogP contribution is 2.30. The number of ether oxygens (including phenoxy) is 1. The minimum atomic E-state index is -1.28. The average molecular weight is 450 g/mol. The van der Waals surface area contributed by atoms with E-state index < -0.39 is 47.4 Å². The molecule has 8 nitrogen and oxygen atoms in total.